The Morgan fingerprint density at radius 1 is 1.12 bits per heavy atom. The second kappa shape index (κ2) is 7.14. The summed E-state index contributed by atoms with van der Waals surface area (Å²) in [7, 11) is 0. The van der Waals surface area contributed by atoms with E-state index < -0.39 is 0 Å². The zero-order valence-electron chi connectivity index (χ0n) is 13.9. The van der Waals surface area contributed by atoms with Gasteiger partial charge in [-0.2, -0.15) is 5.26 Å². The normalized spacial score (nSPS) is 13.8. The Kier molecular flexibility index (Phi) is 4.71. The van der Waals surface area contributed by atoms with Crippen molar-refractivity contribution in [3.63, 3.8) is 0 Å². The van der Waals surface area contributed by atoms with E-state index in [4.69, 9.17) is 26.6 Å². The van der Waals surface area contributed by atoms with E-state index in [0.29, 0.717) is 22.1 Å². The Balaban J connectivity index is 1.85. The van der Waals surface area contributed by atoms with Gasteiger partial charge in [0.1, 0.15) is 5.75 Å². The van der Waals surface area contributed by atoms with E-state index in [0.717, 1.165) is 47.1 Å². The number of nitriles is 1. The zero-order valence-corrected chi connectivity index (χ0v) is 16.2. The summed E-state index contributed by atoms with van der Waals surface area (Å²) in [6.45, 7) is 1.88. The van der Waals surface area contributed by atoms with Gasteiger partial charge in [-0.05, 0) is 55.3 Å². The number of aromatic nitrogens is 1. The van der Waals surface area contributed by atoms with Crippen LogP contribution in [0.4, 0.5) is 5.82 Å². The van der Waals surface area contributed by atoms with Crippen molar-refractivity contribution < 1.29 is 4.74 Å². The highest BCUT2D eigenvalue weighted by Crippen LogP contribution is 2.43. The maximum atomic E-state index is 8.96. The van der Waals surface area contributed by atoms with Gasteiger partial charge in [-0.15, -0.1) is 0 Å². The van der Waals surface area contributed by atoms with Gasteiger partial charge in [-0.3, -0.25) is 0 Å². The van der Waals surface area contributed by atoms with Crippen LogP contribution < -0.4 is 9.64 Å². The number of rotatable bonds is 3. The van der Waals surface area contributed by atoms with Crippen molar-refractivity contribution in [1.82, 2.24) is 4.98 Å². The molecule has 1 saturated heterocycles. The van der Waals surface area contributed by atoms with Crippen LogP contribution in [0.5, 0.6) is 11.5 Å². The van der Waals surface area contributed by atoms with Gasteiger partial charge in [0.05, 0.1) is 22.2 Å². The molecule has 0 spiro atoms. The van der Waals surface area contributed by atoms with E-state index in [-0.39, 0.29) is 0 Å². The van der Waals surface area contributed by atoms with Crippen molar-refractivity contribution >= 4 is 44.3 Å². The minimum absolute atomic E-state index is 0.544. The molecule has 1 aliphatic rings. The summed E-state index contributed by atoms with van der Waals surface area (Å²) in [5.41, 5.74) is 1.43. The van der Waals surface area contributed by atoms with Crippen LogP contribution in [0.15, 0.2) is 46.9 Å². The van der Waals surface area contributed by atoms with Gasteiger partial charge in [0.15, 0.2) is 11.6 Å². The van der Waals surface area contributed by atoms with Crippen molar-refractivity contribution in [2.24, 2.45) is 0 Å². The molecule has 0 atom stereocenters. The summed E-state index contributed by atoms with van der Waals surface area (Å²) in [4.78, 5) is 7.05. The van der Waals surface area contributed by atoms with Crippen molar-refractivity contribution in [2.45, 2.75) is 12.8 Å². The SMILES string of the molecule is N#Cc1ccc(Oc2c(N3CCCC3)nc3ccc(Br)cc3c2Cl)cc1. The third-order valence-corrected chi connectivity index (χ3v) is 5.30. The zero-order chi connectivity index (χ0) is 18.1. The Morgan fingerprint density at radius 2 is 1.85 bits per heavy atom. The lowest BCUT2D eigenvalue weighted by molar-refractivity contribution is 0.481. The maximum Gasteiger partial charge on any atom is 0.189 e. The quantitative estimate of drug-likeness (QED) is 0.520. The van der Waals surface area contributed by atoms with Crippen molar-refractivity contribution in [3.8, 4) is 17.6 Å². The number of fused-ring (bicyclic) bond motifs is 1. The van der Waals surface area contributed by atoms with E-state index in [1.807, 2.05) is 18.2 Å². The molecule has 2 heterocycles. The van der Waals surface area contributed by atoms with Crippen molar-refractivity contribution in [1.29, 1.82) is 5.26 Å². The van der Waals surface area contributed by atoms with Crippen LogP contribution in [0, 0.1) is 11.3 Å². The van der Waals surface area contributed by atoms with Crippen molar-refractivity contribution in [2.75, 3.05) is 18.0 Å². The lowest BCUT2D eigenvalue weighted by Crippen LogP contribution is -2.20. The van der Waals surface area contributed by atoms with Crippen molar-refractivity contribution in [3.05, 3.63) is 57.5 Å². The number of pyridine rings is 1. The second-order valence-electron chi connectivity index (χ2n) is 6.17. The first-order chi connectivity index (χ1) is 12.7. The van der Waals surface area contributed by atoms with Gasteiger partial charge < -0.3 is 9.64 Å². The lowest BCUT2D eigenvalue weighted by atomic mass is 10.2. The Bertz CT molecular complexity index is 1010. The number of anilines is 1. The third kappa shape index (κ3) is 3.23. The standard InChI is InChI=1S/C20H15BrClN3O/c21-14-5-8-17-16(11-14)18(22)19(20(24-17)25-9-1-2-10-25)26-15-6-3-13(12-23)4-7-15/h3-8,11H,1-2,9-10H2. The average Bonchev–Trinajstić information content (AvgIpc) is 3.19. The number of hydrogen-bond acceptors (Lipinski definition) is 4. The molecule has 1 aliphatic heterocycles. The lowest BCUT2D eigenvalue weighted by Gasteiger charge is -2.22. The summed E-state index contributed by atoms with van der Waals surface area (Å²) >= 11 is 10.2. The Hall–Kier alpha value is -2.29. The molecule has 1 fully saturated rings. The molecule has 26 heavy (non-hydrogen) atoms. The van der Waals surface area contributed by atoms with E-state index in [1.54, 1.807) is 24.3 Å². The highest BCUT2D eigenvalue weighted by molar-refractivity contribution is 9.10. The van der Waals surface area contributed by atoms with Gasteiger partial charge >= 0.3 is 0 Å². The number of ether oxygens (including phenoxy) is 1. The number of hydrogen-bond donors (Lipinski definition) is 0. The molecule has 6 heteroatoms. The van der Waals surface area contributed by atoms with Crippen LogP contribution in [0.3, 0.4) is 0 Å². The number of nitrogens with zero attached hydrogens (tertiary/aromatic N) is 3. The molecule has 1 aromatic heterocycles. The Labute approximate surface area is 165 Å². The first-order valence-electron chi connectivity index (χ1n) is 8.37. The third-order valence-electron chi connectivity index (χ3n) is 4.43. The molecule has 2 aromatic carbocycles. The van der Waals surface area contributed by atoms with Crippen LogP contribution in [0.25, 0.3) is 10.9 Å². The average molecular weight is 429 g/mol. The smallest absolute Gasteiger partial charge is 0.189 e. The fourth-order valence-corrected chi connectivity index (χ4v) is 3.75. The number of halogens is 2. The monoisotopic (exact) mass is 427 g/mol. The number of benzene rings is 2. The molecule has 0 unspecified atom stereocenters. The molecular weight excluding hydrogens is 414 g/mol. The van der Waals surface area contributed by atoms with Gasteiger partial charge in [-0.1, -0.05) is 27.5 Å². The molecule has 0 bridgehead atoms. The van der Waals surface area contributed by atoms with Gasteiger partial charge in [-0.25, -0.2) is 4.98 Å². The predicted octanol–water partition coefficient (Wildman–Crippen LogP) is 5.91. The molecule has 0 N–H and O–H groups in total. The van der Waals surface area contributed by atoms with Crippen LogP contribution in [0.1, 0.15) is 18.4 Å². The van der Waals surface area contributed by atoms with Gasteiger partial charge in [0, 0.05) is 22.9 Å². The first kappa shape index (κ1) is 17.1. The molecule has 0 saturated carbocycles. The summed E-state index contributed by atoms with van der Waals surface area (Å²) in [5, 5.41) is 10.3. The van der Waals surface area contributed by atoms with Crippen LogP contribution >= 0.6 is 27.5 Å². The summed E-state index contributed by atoms with van der Waals surface area (Å²) in [6.07, 6.45) is 2.27. The molecule has 0 aliphatic carbocycles. The summed E-state index contributed by atoms with van der Waals surface area (Å²) < 4.78 is 7.08. The fraction of sp³-hybridized carbons (Fsp3) is 0.200. The molecule has 3 aromatic rings. The topological polar surface area (TPSA) is 49.1 Å². The molecule has 0 radical (unpaired) electrons. The van der Waals surface area contributed by atoms with Crippen LogP contribution in [0.2, 0.25) is 5.02 Å². The molecule has 130 valence electrons. The van der Waals surface area contributed by atoms with E-state index in [1.165, 1.54) is 0 Å². The highest BCUT2D eigenvalue weighted by Gasteiger charge is 2.23. The van der Waals surface area contributed by atoms with E-state index >= 15 is 0 Å². The molecular formula is C20H15BrClN3O. The minimum Gasteiger partial charge on any atom is -0.452 e. The van der Waals surface area contributed by atoms with Crippen LogP contribution in [-0.4, -0.2) is 18.1 Å². The highest BCUT2D eigenvalue weighted by atomic mass is 79.9. The Morgan fingerprint density at radius 3 is 2.54 bits per heavy atom. The summed E-state index contributed by atoms with van der Waals surface area (Å²) in [6, 6.07) is 15.0. The molecule has 4 rings (SSSR count). The van der Waals surface area contributed by atoms with Gasteiger partial charge in [0.25, 0.3) is 0 Å². The minimum atomic E-state index is 0.544. The predicted molar refractivity (Wildman–Crippen MR) is 107 cm³/mol. The largest absolute Gasteiger partial charge is 0.452 e. The van der Waals surface area contributed by atoms with Crippen LogP contribution in [-0.2, 0) is 0 Å². The molecule has 0 amide bonds. The fourth-order valence-electron chi connectivity index (χ4n) is 3.12. The molecule has 4 nitrogen and oxygen atoms in total. The first-order valence-corrected chi connectivity index (χ1v) is 9.54. The maximum absolute atomic E-state index is 8.96. The second-order valence-corrected chi connectivity index (χ2v) is 7.47. The van der Waals surface area contributed by atoms with E-state index in [2.05, 4.69) is 26.9 Å². The van der Waals surface area contributed by atoms with E-state index in [9.17, 15) is 0 Å². The summed E-state index contributed by atoms with van der Waals surface area (Å²) in [5.74, 6) is 1.96. The van der Waals surface area contributed by atoms with Gasteiger partial charge in [0.2, 0.25) is 0 Å².